The number of carbonyl (C=O) groups is 1. The van der Waals surface area contributed by atoms with E-state index in [1.165, 1.54) is 0 Å². The van der Waals surface area contributed by atoms with Gasteiger partial charge in [-0.25, -0.2) is 0 Å². The number of carbonyl (C=O) groups excluding carboxylic acids is 1. The van der Waals surface area contributed by atoms with Crippen molar-refractivity contribution in [2.45, 2.75) is 12.8 Å². The minimum atomic E-state index is -0.248. The lowest BCUT2D eigenvalue weighted by Gasteiger charge is -2.24. The molecule has 21 heavy (non-hydrogen) atoms. The largest absolute Gasteiger partial charge is 0.492 e. The summed E-state index contributed by atoms with van der Waals surface area (Å²) in [6, 6.07) is 15.1. The van der Waals surface area contributed by atoms with Crippen LogP contribution in [-0.4, -0.2) is 19.1 Å². The maximum Gasteiger partial charge on any atom is 0.238 e. The van der Waals surface area contributed by atoms with E-state index >= 15 is 0 Å². The standard InChI is InChI=1S/C17H18N2O2/c1-2-19(13-7-5-6-12(18)10-13)17(20)15-11-21-16-9-4-3-8-14(15)16/h3-10,15H,2,11,18H2,1H3. The molecule has 0 aromatic heterocycles. The van der Waals surface area contributed by atoms with Gasteiger partial charge in [0.05, 0.1) is 0 Å². The molecule has 0 saturated carbocycles. The first-order valence-electron chi connectivity index (χ1n) is 7.09. The zero-order valence-electron chi connectivity index (χ0n) is 12.0. The molecule has 2 aromatic carbocycles. The second-order valence-electron chi connectivity index (χ2n) is 5.08. The van der Waals surface area contributed by atoms with Crippen LogP contribution >= 0.6 is 0 Å². The van der Waals surface area contributed by atoms with Crippen molar-refractivity contribution in [3.05, 3.63) is 54.1 Å². The third-order valence-electron chi connectivity index (χ3n) is 3.76. The molecule has 4 nitrogen and oxygen atoms in total. The molecule has 1 amide bonds. The molecule has 1 aliphatic rings. The zero-order valence-corrected chi connectivity index (χ0v) is 12.0. The van der Waals surface area contributed by atoms with Crippen molar-refractivity contribution >= 4 is 17.3 Å². The van der Waals surface area contributed by atoms with Crippen LogP contribution in [0.1, 0.15) is 18.4 Å². The van der Waals surface area contributed by atoms with Gasteiger partial charge in [-0.1, -0.05) is 24.3 Å². The summed E-state index contributed by atoms with van der Waals surface area (Å²) >= 11 is 0. The van der Waals surface area contributed by atoms with Gasteiger partial charge in [0.25, 0.3) is 0 Å². The number of rotatable bonds is 3. The molecule has 0 bridgehead atoms. The fraction of sp³-hybridized carbons (Fsp3) is 0.235. The van der Waals surface area contributed by atoms with Crippen LogP contribution in [0.25, 0.3) is 0 Å². The normalized spacial score (nSPS) is 16.1. The van der Waals surface area contributed by atoms with Gasteiger partial charge in [0.1, 0.15) is 18.3 Å². The Labute approximate surface area is 124 Å². The van der Waals surface area contributed by atoms with E-state index < -0.39 is 0 Å². The molecule has 3 rings (SSSR count). The van der Waals surface area contributed by atoms with Crippen LogP contribution in [-0.2, 0) is 4.79 Å². The van der Waals surface area contributed by atoms with E-state index in [9.17, 15) is 4.79 Å². The van der Waals surface area contributed by atoms with Gasteiger partial charge in [-0.15, -0.1) is 0 Å². The van der Waals surface area contributed by atoms with Crippen molar-refractivity contribution in [3.63, 3.8) is 0 Å². The summed E-state index contributed by atoms with van der Waals surface area (Å²) < 4.78 is 5.61. The topological polar surface area (TPSA) is 55.6 Å². The zero-order chi connectivity index (χ0) is 14.8. The SMILES string of the molecule is CCN(C(=O)C1COc2ccccc21)c1cccc(N)c1. The number of amides is 1. The number of nitrogens with two attached hydrogens (primary N) is 1. The molecular weight excluding hydrogens is 264 g/mol. The van der Waals surface area contributed by atoms with E-state index in [1.807, 2.05) is 55.5 Å². The lowest BCUT2D eigenvalue weighted by atomic mass is 9.99. The summed E-state index contributed by atoms with van der Waals surface area (Å²) in [6.07, 6.45) is 0. The first-order chi connectivity index (χ1) is 10.2. The number of anilines is 2. The van der Waals surface area contributed by atoms with Gasteiger partial charge in [-0.3, -0.25) is 4.79 Å². The van der Waals surface area contributed by atoms with E-state index in [4.69, 9.17) is 10.5 Å². The number of nitrogens with zero attached hydrogens (tertiary/aromatic N) is 1. The van der Waals surface area contributed by atoms with Gasteiger partial charge < -0.3 is 15.4 Å². The number of hydrogen-bond donors (Lipinski definition) is 1. The van der Waals surface area contributed by atoms with Crippen molar-refractivity contribution < 1.29 is 9.53 Å². The second kappa shape index (κ2) is 5.48. The number of para-hydroxylation sites is 1. The lowest BCUT2D eigenvalue weighted by Crippen LogP contribution is -2.35. The third-order valence-corrected chi connectivity index (χ3v) is 3.76. The Morgan fingerprint density at radius 3 is 2.86 bits per heavy atom. The van der Waals surface area contributed by atoms with Crippen LogP contribution in [0.2, 0.25) is 0 Å². The van der Waals surface area contributed by atoms with Crippen LogP contribution in [0, 0.1) is 0 Å². The van der Waals surface area contributed by atoms with Gasteiger partial charge >= 0.3 is 0 Å². The smallest absolute Gasteiger partial charge is 0.238 e. The highest BCUT2D eigenvalue weighted by Gasteiger charge is 2.33. The van der Waals surface area contributed by atoms with Crippen molar-refractivity contribution in [2.24, 2.45) is 0 Å². The summed E-state index contributed by atoms with van der Waals surface area (Å²) in [7, 11) is 0. The van der Waals surface area contributed by atoms with E-state index in [0.29, 0.717) is 18.8 Å². The number of likely N-dealkylation sites (N-methyl/N-ethyl adjacent to an activating group) is 1. The molecule has 0 saturated heterocycles. The predicted molar refractivity (Wildman–Crippen MR) is 83.6 cm³/mol. The number of hydrogen-bond acceptors (Lipinski definition) is 3. The van der Waals surface area contributed by atoms with E-state index in [1.54, 1.807) is 4.90 Å². The summed E-state index contributed by atoms with van der Waals surface area (Å²) in [6.45, 7) is 2.96. The van der Waals surface area contributed by atoms with Gasteiger partial charge in [0.15, 0.2) is 0 Å². The Kier molecular flexibility index (Phi) is 3.52. The number of fused-ring (bicyclic) bond motifs is 1. The van der Waals surface area contributed by atoms with Crippen LogP contribution in [0.15, 0.2) is 48.5 Å². The molecule has 1 atom stereocenters. The molecule has 1 heterocycles. The first-order valence-corrected chi connectivity index (χ1v) is 7.09. The monoisotopic (exact) mass is 282 g/mol. The average molecular weight is 282 g/mol. The van der Waals surface area contributed by atoms with E-state index in [-0.39, 0.29) is 11.8 Å². The first kappa shape index (κ1) is 13.5. The van der Waals surface area contributed by atoms with Gasteiger partial charge in [-0.2, -0.15) is 0 Å². The molecule has 2 aromatic rings. The highest BCUT2D eigenvalue weighted by Crippen LogP contribution is 2.35. The van der Waals surface area contributed by atoms with Crippen molar-refractivity contribution in [1.29, 1.82) is 0 Å². The molecule has 108 valence electrons. The molecule has 2 N–H and O–H groups in total. The van der Waals surface area contributed by atoms with Crippen molar-refractivity contribution in [1.82, 2.24) is 0 Å². The van der Waals surface area contributed by atoms with Crippen LogP contribution < -0.4 is 15.4 Å². The minimum Gasteiger partial charge on any atom is -0.492 e. The maximum absolute atomic E-state index is 12.9. The van der Waals surface area contributed by atoms with Gasteiger partial charge in [0.2, 0.25) is 5.91 Å². The fourth-order valence-electron chi connectivity index (χ4n) is 2.71. The molecule has 4 heteroatoms. The molecule has 0 aliphatic carbocycles. The van der Waals surface area contributed by atoms with Crippen LogP contribution in [0.4, 0.5) is 11.4 Å². The van der Waals surface area contributed by atoms with Gasteiger partial charge in [0, 0.05) is 23.5 Å². The number of nitrogen functional groups attached to an aromatic ring is 1. The molecule has 1 unspecified atom stereocenters. The molecule has 0 spiro atoms. The molecule has 0 fully saturated rings. The van der Waals surface area contributed by atoms with E-state index in [2.05, 4.69) is 0 Å². The van der Waals surface area contributed by atoms with Crippen LogP contribution in [0.3, 0.4) is 0 Å². The Hall–Kier alpha value is -2.49. The van der Waals surface area contributed by atoms with Gasteiger partial charge in [-0.05, 0) is 31.2 Å². The maximum atomic E-state index is 12.9. The third kappa shape index (κ3) is 2.44. The van der Waals surface area contributed by atoms with E-state index in [0.717, 1.165) is 17.0 Å². The summed E-state index contributed by atoms with van der Waals surface area (Å²) in [4.78, 5) is 14.6. The Morgan fingerprint density at radius 2 is 2.10 bits per heavy atom. The highest BCUT2D eigenvalue weighted by molar-refractivity contribution is 5.99. The Morgan fingerprint density at radius 1 is 1.29 bits per heavy atom. The molecular formula is C17H18N2O2. The quantitative estimate of drug-likeness (QED) is 0.881. The lowest BCUT2D eigenvalue weighted by molar-refractivity contribution is -0.120. The second-order valence-corrected chi connectivity index (χ2v) is 5.08. The summed E-state index contributed by atoms with van der Waals surface area (Å²) in [5.41, 5.74) is 8.26. The fourth-order valence-corrected chi connectivity index (χ4v) is 2.71. The summed E-state index contributed by atoms with van der Waals surface area (Å²) in [5.74, 6) is 0.607. The molecule has 1 aliphatic heterocycles. The number of ether oxygens (including phenoxy) is 1. The van der Waals surface area contributed by atoms with Crippen molar-refractivity contribution in [3.8, 4) is 5.75 Å². The Balaban J connectivity index is 1.91. The Bertz CT molecular complexity index is 669. The molecule has 0 radical (unpaired) electrons. The van der Waals surface area contributed by atoms with Crippen molar-refractivity contribution in [2.75, 3.05) is 23.8 Å². The average Bonchev–Trinajstić information content (AvgIpc) is 2.92. The minimum absolute atomic E-state index is 0.0491. The number of benzene rings is 2. The summed E-state index contributed by atoms with van der Waals surface area (Å²) in [5, 5.41) is 0. The predicted octanol–water partition coefficient (Wildman–Crippen LogP) is 2.80. The van der Waals surface area contributed by atoms with Crippen LogP contribution in [0.5, 0.6) is 5.75 Å². The highest BCUT2D eigenvalue weighted by atomic mass is 16.5.